The summed E-state index contributed by atoms with van der Waals surface area (Å²) in [5.74, 6) is 0.0183. The van der Waals surface area contributed by atoms with Crippen LogP contribution in [0.5, 0.6) is 0 Å². The fourth-order valence-corrected chi connectivity index (χ4v) is 1.49. The van der Waals surface area contributed by atoms with Gasteiger partial charge >= 0.3 is 0 Å². The average Bonchev–Trinajstić information content (AvgIpc) is 2.44. The number of aromatic nitrogens is 2. The smallest absolute Gasteiger partial charge is 0.229 e. The first kappa shape index (κ1) is 19.8. The summed E-state index contributed by atoms with van der Waals surface area (Å²) >= 11 is 0. The van der Waals surface area contributed by atoms with E-state index in [9.17, 15) is 9.90 Å². The van der Waals surface area contributed by atoms with Crippen LogP contribution in [0.3, 0.4) is 0 Å². The van der Waals surface area contributed by atoms with Crippen molar-refractivity contribution < 1.29 is 9.90 Å². The van der Waals surface area contributed by atoms with Gasteiger partial charge in [0.05, 0.1) is 6.10 Å². The Labute approximate surface area is 132 Å². The highest BCUT2D eigenvalue weighted by Gasteiger charge is 2.11. The molecule has 1 heterocycles. The molecule has 1 unspecified atom stereocenters. The topological polar surface area (TPSA) is 87.1 Å². The molecule has 1 aromatic heterocycles. The van der Waals surface area contributed by atoms with E-state index >= 15 is 0 Å². The molecule has 0 aliphatic heterocycles. The molecule has 1 atom stereocenters. The third-order valence-electron chi connectivity index (χ3n) is 2.86. The lowest BCUT2D eigenvalue weighted by molar-refractivity contribution is -0.118. The van der Waals surface area contributed by atoms with Crippen LogP contribution in [-0.4, -0.2) is 34.1 Å². The van der Waals surface area contributed by atoms with Gasteiger partial charge in [0.25, 0.3) is 0 Å². The predicted molar refractivity (Wildman–Crippen MR) is 85.5 cm³/mol. The number of carbonyl (C=O) groups excluding carboxylic acids is 1. The fraction of sp³-hybridized carbons (Fsp3) is 0.643. The van der Waals surface area contributed by atoms with Crippen molar-refractivity contribution in [2.45, 2.75) is 39.7 Å². The van der Waals surface area contributed by atoms with E-state index < -0.39 is 6.10 Å². The van der Waals surface area contributed by atoms with E-state index in [1.54, 1.807) is 13.8 Å². The van der Waals surface area contributed by atoms with Crippen molar-refractivity contribution in [2.24, 2.45) is 5.92 Å². The number of aliphatic hydroxyl groups is 1. The molecule has 3 N–H and O–H groups in total. The molecule has 6 nitrogen and oxygen atoms in total. The summed E-state index contributed by atoms with van der Waals surface area (Å²) in [6.45, 7) is 7.08. The number of halogens is 1. The minimum absolute atomic E-state index is 0. The predicted octanol–water partition coefficient (Wildman–Crippen LogP) is 1.92. The van der Waals surface area contributed by atoms with E-state index in [0.29, 0.717) is 12.1 Å². The largest absolute Gasteiger partial charge is 0.387 e. The van der Waals surface area contributed by atoms with E-state index in [1.807, 2.05) is 0 Å². The van der Waals surface area contributed by atoms with E-state index in [0.717, 1.165) is 19.4 Å². The van der Waals surface area contributed by atoms with Gasteiger partial charge in [0, 0.05) is 30.4 Å². The molecule has 1 aromatic rings. The summed E-state index contributed by atoms with van der Waals surface area (Å²) in [7, 11) is 0. The third kappa shape index (κ3) is 7.36. The van der Waals surface area contributed by atoms with Gasteiger partial charge in [0.2, 0.25) is 11.9 Å². The SMILES string of the molecule is CCCCNCC(O)c1cnc(NC(=O)C(C)C)nc1.Cl. The molecule has 0 spiro atoms. The molecule has 0 bridgehead atoms. The Morgan fingerprint density at radius 2 is 1.95 bits per heavy atom. The molecule has 1 rings (SSSR count). The maximum absolute atomic E-state index is 11.5. The van der Waals surface area contributed by atoms with Crippen molar-refractivity contribution in [2.75, 3.05) is 18.4 Å². The fourth-order valence-electron chi connectivity index (χ4n) is 1.49. The van der Waals surface area contributed by atoms with Gasteiger partial charge in [-0.05, 0) is 13.0 Å². The number of amides is 1. The summed E-state index contributed by atoms with van der Waals surface area (Å²) in [6, 6.07) is 0. The van der Waals surface area contributed by atoms with Gasteiger partial charge in [0.15, 0.2) is 0 Å². The summed E-state index contributed by atoms with van der Waals surface area (Å²) in [4.78, 5) is 19.6. The Morgan fingerprint density at radius 3 is 2.48 bits per heavy atom. The minimum Gasteiger partial charge on any atom is -0.387 e. The molecule has 0 saturated carbocycles. The van der Waals surface area contributed by atoms with Gasteiger partial charge in [-0.1, -0.05) is 27.2 Å². The minimum atomic E-state index is -0.637. The molecule has 7 heteroatoms. The molecule has 0 aliphatic rings. The van der Waals surface area contributed by atoms with Crippen molar-refractivity contribution in [3.8, 4) is 0 Å². The van der Waals surface area contributed by atoms with Crippen LogP contribution in [0.2, 0.25) is 0 Å². The quantitative estimate of drug-likeness (QED) is 0.638. The Bertz CT molecular complexity index is 412. The van der Waals surface area contributed by atoms with Crippen molar-refractivity contribution >= 4 is 24.3 Å². The number of carbonyl (C=O) groups is 1. The zero-order chi connectivity index (χ0) is 15.0. The number of hydrogen-bond donors (Lipinski definition) is 3. The lowest BCUT2D eigenvalue weighted by atomic mass is 10.2. The number of nitrogens with one attached hydrogen (secondary N) is 2. The highest BCUT2D eigenvalue weighted by molar-refractivity contribution is 5.90. The van der Waals surface area contributed by atoms with Crippen molar-refractivity contribution in [1.82, 2.24) is 15.3 Å². The van der Waals surface area contributed by atoms with E-state index in [-0.39, 0.29) is 30.2 Å². The van der Waals surface area contributed by atoms with E-state index in [1.165, 1.54) is 12.4 Å². The summed E-state index contributed by atoms with van der Waals surface area (Å²) in [6.07, 6.45) is 4.64. The summed E-state index contributed by atoms with van der Waals surface area (Å²) in [5.41, 5.74) is 0.636. The van der Waals surface area contributed by atoms with Gasteiger partial charge in [0.1, 0.15) is 0 Å². The van der Waals surface area contributed by atoms with Crippen LogP contribution in [0.25, 0.3) is 0 Å². The van der Waals surface area contributed by atoms with Crippen LogP contribution in [0.15, 0.2) is 12.4 Å². The van der Waals surface area contributed by atoms with Crippen molar-refractivity contribution in [3.05, 3.63) is 18.0 Å². The van der Waals surface area contributed by atoms with E-state index in [4.69, 9.17) is 0 Å². The molecule has 0 aliphatic carbocycles. The molecule has 21 heavy (non-hydrogen) atoms. The summed E-state index contributed by atoms with van der Waals surface area (Å²) < 4.78 is 0. The number of unbranched alkanes of at least 4 members (excludes halogenated alkanes) is 1. The lowest BCUT2D eigenvalue weighted by Crippen LogP contribution is -2.23. The number of anilines is 1. The molecule has 0 radical (unpaired) electrons. The number of aliphatic hydroxyl groups excluding tert-OH is 1. The zero-order valence-electron chi connectivity index (χ0n) is 12.8. The number of rotatable bonds is 8. The van der Waals surface area contributed by atoms with Crippen LogP contribution in [-0.2, 0) is 4.79 Å². The van der Waals surface area contributed by atoms with Gasteiger partial charge < -0.3 is 10.4 Å². The monoisotopic (exact) mass is 316 g/mol. The maximum Gasteiger partial charge on any atom is 0.229 e. The van der Waals surface area contributed by atoms with Gasteiger partial charge in [-0.15, -0.1) is 12.4 Å². The first-order chi connectivity index (χ1) is 9.54. The second-order valence-corrected chi connectivity index (χ2v) is 5.06. The normalized spacial score (nSPS) is 11.9. The highest BCUT2D eigenvalue weighted by Crippen LogP contribution is 2.11. The Kier molecular flexibility index (Phi) is 9.86. The Hall–Kier alpha value is -1.24. The number of nitrogens with zero attached hydrogens (tertiary/aromatic N) is 2. The van der Waals surface area contributed by atoms with Crippen LogP contribution in [0.1, 0.15) is 45.3 Å². The van der Waals surface area contributed by atoms with Crippen LogP contribution < -0.4 is 10.6 Å². The molecule has 0 aromatic carbocycles. The van der Waals surface area contributed by atoms with Crippen molar-refractivity contribution in [3.63, 3.8) is 0 Å². The maximum atomic E-state index is 11.5. The van der Waals surface area contributed by atoms with Crippen LogP contribution in [0.4, 0.5) is 5.95 Å². The van der Waals surface area contributed by atoms with Gasteiger partial charge in [-0.2, -0.15) is 0 Å². The standard InChI is InChI=1S/C14H24N4O2.ClH/c1-4-5-6-15-9-12(19)11-7-16-14(17-8-11)18-13(20)10(2)3;/h7-8,10,12,15,19H,4-6,9H2,1-3H3,(H,16,17,18,20);1H. The average molecular weight is 317 g/mol. The Balaban J connectivity index is 0.00000400. The molecule has 0 fully saturated rings. The van der Waals surface area contributed by atoms with Crippen molar-refractivity contribution in [1.29, 1.82) is 0 Å². The molecular weight excluding hydrogens is 292 g/mol. The first-order valence-electron chi connectivity index (χ1n) is 7.06. The molecule has 1 amide bonds. The van der Waals surface area contributed by atoms with Crippen LogP contribution >= 0.6 is 12.4 Å². The second kappa shape index (κ2) is 10.5. The third-order valence-corrected chi connectivity index (χ3v) is 2.86. The van der Waals surface area contributed by atoms with Crippen LogP contribution in [0, 0.1) is 5.92 Å². The number of hydrogen-bond acceptors (Lipinski definition) is 5. The van der Waals surface area contributed by atoms with Gasteiger partial charge in [-0.3, -0.25) is 10.1 Å². The zero-order valence-corrected chi connectivity index (χ0v) is 13.6. The molecule has 0 saturated heterocycles. The lowest BCUT2D eigenvalue weighted by Gasteiger charge is -2.12. The molecular formula is C14H25ClN4O2. The molecule has 120 valence electrons. The van der Waals surface area contributed by atoms with Gasteiger partial charge in [-0.25, -0.2) is 9.97 Å². The van der Waals surface area contributed by atoms with E-state index in [2.05, 4.69) is 27.5 Å². The highest BCUT2D eigenvalue weighted by atomic mass is 35.5. The first-order valence-corrected chi connectivity index (χ1v) is 7.06. The summed E-state index contributed by atoms with van der Waals surface area (Å²) in [5, 5.41) is 15.7. The Morgan fingerprint density at radius 1 is 1.33 bits per heavy atom. The second-order valence-electron chi connectivity index (χ2n) is 5.06.